The van der Waals surface area contributed by atoms with Crippen LogP contribution in [0.15, 0.2) is 0 Å². The average Bonchev–Trinajstić information content (AvgIpc) is 2.67. The first-order valence-corrected chi connectivity index (χ1v) is 6.76. The van der Waals surface area contributed by atoms with E-state index in [0.29, 0.717) is 11.8 Å². The molecule has 2 fully saturated rings. The van der Waals surface area contributed by atoms with E-state index in [0.717, 1.165) is 39.0 Å². The molecule has 0 saturated carbocycles. The zero-order valence-corrected chi connectivity index (χ0v) is 12.5. The molecule has 2 heterocycles. The van der Waals surface area contributed by atoms with E-state index >= 15 is 0 Å². The molecular formula is C13H24ClN3O2. The smallest absolute Gasteiger partial charge is 0.232 e. The van der Waals surface area contributed by atoms with Crippen LogP contribution in [0.1, 0.15) is 19.3 Å². The van der Waals surface area contributed by atoms with Crippen LogP contribution in [0.5, 0.6) is 0 Å². The van der Waals surface area contributed by atoms with Gasteiger partial charge in [-0.1, -0.05) is 0 Å². The van der Waals surface area contributed by atoms with Crippen molar-refractivity contribution in [3.05, 3.63) is 0 Å². The number of carbonyl (C=O) groups is 2. The highest BCUT2D eigenvalue weighted by Gasteiger charge is 2.31. The summed E-state index contributed by atoms with van der Waals surface area (Å²) in [4.78, 5) is 26.9. The molecule has 0 radical (unpaired) electrons. The van der Waals surface area contributed by atoms with Crippen molar-refractivity contribution in [3.8, 4) is 0 Å². The van der Waals surface area contributed by atoms with Gasteiger partial charge in [-0.2, -0.15) is 0 Å². The molecule has 5 nitrogen and oxygen atoms in total. The molecule has 0 aromatic heterocycles. The Labute approximate surface area is 121 Å². The molecule has 2 aliphatic rings. The molecule has 19 heavy (non-hydrogen) atoms. The number of fused-ring (bicyclic) bond motifs is 1. The highest BCUT2D eigenvalue weighted by Crippen LogP contribution is 2.27. The molecule has 0 aliphatic carbocycles. The molecule has 0 aromatic carbocycles. The Morgan fingerprint density at radius 3 is 2.16 bits per heavy atom. The largest absolute Gasteiger partial charge is 0.348 e. The van der Waals surface area contributed by atoms with Gasteiger partial charge in [0, 0.05) is 27.2 Å². The lowest BCUT2D eigenvalue weighted by atomic mass is 9.92. The number of nitrogens with zero attached hydrogens (tertiary/aromatic N) is 2. The zero-order valence-electron chi connectivity index (χ0n) is 11.7. The summed E-state index contributed by atoms with van der Waals surface area (Å²) >= 11 is 0. The summed E-state index contributed by atoms with van der Waals surface area (Å²) < 4.78 is 0. The van der Waals surface area contributed by atoms with Gasteiger partial charge in [0.2, 0.25) is 11.8 Å². The van der Waals surface area contributed by atoms with E-state index in [2.05, 4.69) is 5.32 Å². The minimum Gasteiger partial charge on any atom is -0.348 e. The van der Waals surface area contributed by atoms with Crippen molar-refractivity contribution in [1.29, 1.82) is 0 Å². The maximum Gasteiger partial charge on any atom is 0.232 e. The minimum atomic E-state index is -0.105. The molecule has 2 saturated heterocycles. The van der Waals surface area contributed by atoms with Gasteiger partial charge < -0.3 is 15.1 Å². The van der Waals surface area contributed by atoms with Crippen LogP contribution in [-0.4, -0.2) is 61.9 Å². The van der Waals surface area contributed by atoms with Gasteiger partial charge in [-0.15, -0.1) is 12.4 Å². The summed E-state index contributed by atoms with van der Waals surface area (Å²) in [5, 5.41) is 3.42. The molecule has 2 aliphatic heterocycles. The second-order valence-corrected chi connectivity index (χ2v) is 5.60. The van der Waals surface area contributed by atoms with E-state index in [-0.39, 0.29) is 30.6 Å². The van der Waals surface area contributed by atoms with Gasteiger partial charge in [-0.25, -0.2) is 0 Å². The molecule has 2 atom stereocenters. The number of carbonyl (C=O) groups excluding carboxylic acids is 2. The molecule has 0 aromatic rings. The van der Waals surface area contributed by atoms with Crippen molar-refractivity contribution in [3.63, 3.8) is 0 Å². The molecule has 0 spiro atoms. The number of hydrogen-bond acceptors (Lipinski definition) is 3. The van der Waals surface area contributed by atoms with Crippen molar-refractivity contribution in [2.75, 3.05) is 40.3 Å². The van der Waals surface area contributed by atoms with Crippen LogP contribution < -0.4 is 5.32 Å². The van der Waals surface area contributed by atoms with E-state index in [9.17, 15) is 9.59 Å². The van der Waals surface area contributed by atoms with Crippen LogP contribution in [0.25, 0.3) is 0 Å². The summed E-state index contributed by atoms with van der Waals surface area (Å²) in [5.74, 6) is 1.31. The van der Waals surface area contributed by atoms with Gasteiger partial charge in [-0.3, -0.25) is 9.59 Å². The van der Waals surface area contributed by atoms with Gasteiger partial charge in [0.1, 0.15) is 6.42 Å². The predicted molar refractivity (Wildman–Crippen MR) is 76.2 cm³/mol. The lowest BCUT2D eigenvalue weighted by molar-refractivity contribution is -0.139. The number of hydrogen-bond donors (Lipinski definition) is 1. The standard InChI is InChI=1S/C13H23N3O2.ClH/c1-15(2)12(17)7-13(18)16-5-3-10-8-14-9-11(10)4-6-16;/h10-11,14H,3-9H2,1-2H3;1H/t10-,11+;. The molecule has 1 N–H and O–H groups in total. The summed E-state index contributed by atoms with van der Waals surface area (Å²) in [6.45, 7) is 3.79. The van der Waals surface area contributed by atoms with E-state index in [1.165, 1.54) is 4.90 Å². The number of nitrogens with one attached hydrogen (secondary N) is 1. The highest BCUT2D eigenvalue weighted by atomic mass is 35.5. The highest BCUT2D eigenvalue weighted by molar-refractivity contribution is 5.96. The van der Waals surface area contributed by atoms with Crippen molar-refractivity contribution in [2.24, 2.45) is 11.8 Å². The third-order valence-corrected chi connectivity index (χ3v) is 4.17. The number of halogens is 1. The van der Waals surface area contributed by atoms with Gasteiger partial charge in [0.15, 0.2) is 0 Å². The van der Waals surface area contributed by atoms with Gasteiger partial charge in [0.25, 0.3) is 0 Å². The summed E-state index contributed by atoms with van der Waals surface area (Å²) in [6.07, 6.45) is 2.15. The van der Waals surface area contributed by atoms with Gasteiger partial charge in [0.05, 0.1) is 0 Å². The van der Waals surface area contributed by atoms with E-state index < -0.39 is 0 Å². The SMILES string of the molecule is CN(C)C(=O)CC(=O)N1CC[C@@H]2CNC[C@@H]2CC1.Cl. The summed E-state index contributed by atoms with van der Waals surface area (Å²) in [7, 11) is 3.38. The lowest BCUT2D eigenvalue weighted by Crippen LogP contribution is -2.36. The molecule has 6 heteroatoms. The second kappa shape index (κ2) is 7.10. The van der Waals surface area contributed by atoms with Crippen LogP contribution in [-0.2, 0) is 9.59 Å². The molecule has 2 rings (SSSR count). The van der Waals surface area contributed by atoms with Crippen molar-refractivity contribution < 1.29 is 9.59 Å². The monoisotopic (exact) mass is 289 g/mol. The maximum atomic E-state index is 12.0. The fourth-order valence-electron chi connectivity index (χ4n) is 2.87. The fourth-order valence-corrected chi connectivity index (χ4v) is 2.87. The Morgan fingerprint density at radius 1 is 1.16 bits per heavy atom. The topological polar surface area (TPSA) is 52.7 Å². The third-order valence-electron chi connectivity index (χ3n) is 4.17. The first kappa shape index (κ1) is 16.2. The minimum absolute atomic E-state index is 0. The summed E-state index contributed by atoms with van der Waals surface area (Å²) in [5.41, 5.74) is 0. The van der Waals surface area contributed by atoms with Crippen LogP contribution >= 0.6 is 12.4 Å². The maximum absolute atomic E-state index is 12.0. The van der Waals surface area contributed by atoms with Crippen molar-refractivity contribution >= 4 is 24.2 Å². The van der Waals surface area contributed by atoms with Crippen LogP contribution in [0.2, 0.25) is 0 Å². The molecule has 2 amide bonds. The van der Waals surface area contributed by atoms with Crippen LogP contribution in [0.3, 0.4) is 0 Å². The Hall–Kier alpha value is -0.810. The second-order valence-electron chi connectivity index (χ2n) is 5.60. The normalized spacial score (nSPS) is 26.1. The average molecular weight is 290 g/mol. The predicted octanol–water partition coefficient (Wildman–Crippen LogP) is 0.344. The number of rotatable bonds is 2. The fraction of sp³-hybridized carbons (Fsp3) is 0.846. The van der Waals surface area contributed by atoms with E-state index in [1.807, 2.05) is 4.90 Å². The van der Waals surface area contributed by atoms with Crippen molar-refractivity contribution in [1.82, 2.24) is 15.1 Å². The van der Waals surface area contributed by atoms with Crippen LogP contribution in [0, 0.1) is 11.8 Å². The first-order valence-electron chi connectivity index (χ1n) is 6.76. The molecule has 110 valence electrons. The molecule has 0 unspecified atom stereocenters. The Kier molecular flexibility index (Phi) is 6.07. The third kappa shape index (κ3) is 4.08. The molecule has 0 bridgehead atoms. The number of likely N-dealkylation sites (tertiary alicyclic amines) is 1. The Bertz CT molecular complexity index is 322. The Morgan fingerprint density at radius 2 is 1.68 bits per heavy atom. The quantitative estimate of drug-likeness (QED) is 0.746. The van der Waals surface area contributed by atoms with E-state index in [4.69, 9.17) is 0 Å². The molecular weight excluding hydrogens is 266 g/mol. The van der Waals surface area contributed by atoms with Crippen LogP contribution in [0.4, 0.5) is 0 Å². The van der Waals surface area contributed by atoms with E-state index in [1.54, 1.807) is 14.1 Å². The van der Waals surface area contributed by atoms with Crippen molar-refractivity contribution in [2.45, 2.75) is 19.3 Å². The number of amides is 2. The van der Waals surface area contributed by atoms with Gasteiger partial charge >= 0.3 is 0 Å². The Balaban J connectivity index is 0.00000180. The zero-order chi connectivity index (χ0) is 13.1. The lowest BCUT2D eigenvalue weighted by Gasteiger charge is -2.21. The van der Waals surface area contributed by atoms with Gasteiger partial charge in [-0.05, 0) is 37.8 Å². The first-order chi connectivity index (χ1) is 8.58. The summed E-state index contributed by atoms with van der Waals surface area (Å²) in [6, 6.07) is 0.